The molecular weight excluding hydrogens is 354 g/mol. The molecule has 1 N–H and O–H groups in total. The minimum atomic E-state index is -0.118. The zero-order valence-corrected chi connectivity index (χ0v) is 14.3. The molecular formula is C19H16BrNO2. The summed E-state index contributed by atoms with van der Waals surface area (Å²) in [6.07, 6.45) is 0. The molecule has 0 bridgehead atoms. The van der Waals surface area contributed by atoms with E-state index in [-0.39, 0.29) is 5.91 Å². The Balaban J connectivity index is 1.90. The van der Waals surface area contributed by atoms with Crippen LogP contribution in [-0.4, -0.2) is 13.0 Å². The summed E-state index contributed by atoms with van der Waals surface area (Å²) in [5, 5.41) is 5.18. The maximum atomic E-state index is 12.4. The summed E-state index contributed by atoms with van der Waals surface area (Å²) in [7, 11) is 1.64. The average molecular weight is 370 g/mol. The van der Waals surface area contributed by atoms with Gasteiger partial charge >= 0.3 is 0 Å². The molecule has 0 heterocycles. The number of fused-ring (bicyclic) bond motifs is 1. The minimum Gasteiger partial charge on any atom is -0.496 e. The molecule has 0 fully saturated rings. The van der Waals surface area contributed by atoms with Gasteiger partial charge in [-0.25, -0.2) is 0 Å². The van der Waals surface area contributed by atoms with Crippen LogP contribution in [0.5, 0.6) is 5.75 Å². The number of carbonyl (C=O) groups is 1. The first-order valence-corrected chi connectivity index (χ1v) is 8.07. The highest BCUT2D eigenvalue weighted by Crippen LogP contribution is 2.28. The van der Waals surface area contributed by atoms with E-state index in [0.717, 1.165) is 26.6 Å². The fraction of sp³-hybridized carbons (Fsp3) is 0.105. The third-order valence-electron chi connectivity index (χ3n) is 3.76. The largest absolute Gasteiger partial charge is 0.496 e. The summed E-state index contributed by atoms with van der Waals surface area (Å²) in [5.74, 6) is 0.656. The summed E-state index contributed by atoms with van der Waals surface area (Å²) >= 11 is 3.41. The highest BCUT2D eigenvalue weighted by molar-refractivity contribution is 9.10. The number of benzene rings is 3. The molecule has 3 nitrogen and oxygen atoms in total. The number of rotatable bonds is 4. The Hall–Kier alpha value is -2.33. The molecule has 0 radical (unpaired) electrons. The van der Waals surface area contributed by atoms with Gasteiger partial charge in [-0.3, -0.25) is 4.79 Å². The van der Waals surface area contributed by atoms with Crippen LogP contribution in [0.4, 0.5) is 0 Å². The predicted molar refractivity (Wildman–Crippen MR) is 95.8 cm³/mol. The molecule has 4 heteroatoms. The lowest BCUT2D eigenvalue weighted by Gasteiger charge is -2.13. The first-order chi connectivity index (χ1) is 11.2. The van der Waals surface area contributed by atoms with Crippen molar-refractivity contribution in [2.45, 2.75) is 6.54 Å². The molecule has 0 aliphatic carbocycles. The number of amides is 1. The quantitative estimate of drug-likeness (QED) is 0.732. The van der Waals surface area contributed by atoms with Crippen LogP contribution in [0.25, 0.3) is 10.8 Å². The molecule has 23 heavy (non-hydrogen) atoms. The number of hydrogen-bond donors (Lipinski definition) is 1. The van der Waals surface area contributed by atoms with Gasteiger partial charge in [0.2, 0.25) is 0 Å². The normalized spacial score (nSPS) is 10.5. The van der Waals surface area contributed by atoms with Gasteiger partial charge in [0.05, 0.1) is 12.7 Å². The van der Waals surface area contributed by atoms with Crippen LogP contribution in [0.2, 0.25) is 0 Å². The van der Waals surface area contributed by atoms with Gasteiger partial charge in [-0.2, -0.15) is 0 Å². The SMILES string of the molecule is COc1ccc2ccccc2c1CNC(=O)c1ccccc1Br. The van der Waals surface area contributed by atoms with Crippen molar-refractivity contribution in [1.29, 1.82) is 0 Å². The average Bonchev–Trinajstić information content (AvgIpc) is 2.59. The molecule has 3 aromatic rings. The van der Waals surface area contributed by atoms with E-state index in [4.69, 9.17) is 4.74 Å². The van der Waals surface area contributed by atoms with Crippen LogP contribution >= 0.6 is 15.9 Å². The van der Waals surface area contributed by atoms with Gasteiger partial charge in [-0.05, 0) is 44.9 Å². The van der Waals surface area contributed by atoms with Crippen LogP contribution in [0.3, 0.4) is 0 Å². The molecule has 0 saturated carbocycles. The lowest BCUT2D eigenvalue weighted by atomic mass is 10.0. The van der Waals surface area contributed by atoms with E-state index in [0.29, 0.717) is 12.1 Å². The molecule has 3 aromatic carbocycles. The molecule has 0 saturated heterocycles. The third kappa shape index (κ3) is 3.22. The predicted octanol–water partition coefficient (Wildman–Crippen LogP) is 4.54. The van der Waals surface area contributed by atoms with Gasteiger partial charge in [0.1, 0.15) is 5.75 Å². The van der Waals surface area contributed by atoms with Crippen molar-refractivity contribution < 1.29 is 9.53 Å². The van der Waals surface area contributed by atoms with Gasteiger partial charge in [-0.1, -0.05) is 42.5 Å². The zero-order valence-electron chi connectivity index (χ0n) is 12.7. The standard InChI is InChI=1S/C19H16BrNO2/c1-23-18-11-10-13-6-2-3-7-14(13)16(18)12-21-19(22)15-8-4-5-9-17(15)20/h2-11H,12H2,1H3,(H,21,22). The molecule has 0 unspecified atom stereocenters. The molecule has 0 spiro atoms. The summed E-state index contributed by atoms with van der Waals surface area (Å²) in [6.45, 7) is 0.407. The number of nitrogens with one attached hydrogen (secondary N) is 1. The Kier molecular flexibility index (Phi) is 4.63. The monoisotopic (exact) mass is 369 g/mol. The molecule has 0 atom stereocenters. The number of halogens is 1. The fourth-order valence-electron chi connectivity index (χ4n) is 2.60. The van der Waals surface area contributed by atoms with Crippen LogP contribution in [0.1, 0.15) is 15.9 Å². The third-order valence-corrected chi connectivity index (χ3v) is 4.45. The van der Waals surface area contributed by atoms with Gasteiger partial charge in [0, 0.05) is 16.6 Å². The molecule has 0 aliphatic heterocycles. The van der Waals surface area contributed by atoms with E-state index in [9.17, 15) is 4.79 Å². The Morgan fingerprint density at radius 2 is 1.78 bits per heavy atom. The van der Waals surface area contributed by atoms with Crippen LogP contribution in [-0.2, 0) is 6.54 Å². The van der Waals surface area contributed by atoms with Gasteiger partial charge in [0.15, 0.2) is 0 Å². The maximum absolute atomic E-state index is 12.4. The number of hydrogen-bond acceptors (Lipinski definition) is 2. The lowest BCUT2D eigenvalue weighted by molar-refractivity contribution is 0.0950. The van der Waals surface area contributed by atoms with E-state index >= 15 is 0 Å². The van der Waals surface area contributed by atoms with Crippen molar-refractivity contribution in [3.63, 3.8) is 0 Å². The van der Waals surface area contributed by atoms with Crippen LogP contribution in [0, 0.1) is 0 Å². The van der Waals surface area contributed by atoms with Crippen molar-refractivity contribution in [3.8, 4) is 5.75 Å². The Labute approximate surface area is 143 Å². The van der Waals surface area contributed by atoms with Crippen molar-refractivity contribution in [1.82, 2.24) is 5.32 Å². The second-order valence-corrected chi connectivity index (χ2v) is 5.98. The smallest absolute Gasteiger partial charge is 0.252 e. The summed E-state index contributed by atoms with van der Waals surface area (Å²) in [5.41, 5.74) is 1.60. The van der Waals surface area contributed by atoms with Gasteiger partial charge in [0.25, 0.3) is 5.91 Å². The number of methoxy groups -OCH3 is 1. The van der Waals surface area contributed by atoms with Crippen molar-refractivity contribution in [3.05, 3.63) is 76.3 Å². The topological polar surface area (TPSA) is 38.3 Å². The van der Waals surface area contributed by atoms with E-state index in [1.807, 2.05) is 54.6 Å². The molecule has 3 rings (SSSR count). The first kappa shape index (κ1) is 15.6. The van der Waals surface area contributed by atoms with Crippen molar-refractivity contribution in [2.75, 3.05) is 7.11 Å². The highest BCUT2D eigenvalue weighted by Gasteiger charge is 2.12. The van der Waals surface area contributed by atoms with Crippen molar-refractivity contribution in [2.24, 2.45) is 0 Å². The maximum Gasteiger partial charge on any atom is 0.252 e. The second kappa shape index (κ2) is 6.84. The number of carbonyl (C=O) groups excluding carboxylic acids is 1. The second-order valence-electron chi connectivity index (χ2n) is 5.13. The Morgan fingerprint density at radius 1 is 1.04 bits per heavy atom. The van der Waals surface area contributed by atoms with Crippen LogP contribution < -0.4 is 10.1 Å². The van der Waals surface area contributed by atoms with Crippen LogP contribution in [0.15, 0.2) is 65.1 Å². The van der Waals surface area contributed by atoms with E-state index in [1.165, 1.54) is 0 Å². The number of ether oxygens (including phenoxy) is 1. The van der Waals surface area contributed by atoms with E-state index in [2.05, 4.69) is 21.2 Å². The fourth-order valence-corrected chi connectivity index (χ4v) is 3.06. The van der Waals surface area contributed by atoms with Gasteiger partial charge in [-0.15, -0.1) is 0 Å². The molecule has 116 valence electrons. The zero-order chi connectivity index (χ0) is 16.2. The first-order valence-electron chi connectivity index (χ1n) is 7.28. The highest BCUT2D eigenvalue weighted by atomic mass is 79.9. The molecule has 1 amide bonds. The Morgan fingerprint density at radius 3 is 2.57 bits per heavy atom. The lowest BCUT2D eigenvalue weighted by Crippen LogP contribution is -2.23. The molecule has 0 aliphatic rings. The van der Waals surface area contributed by atoms with E-state index < -0.39 is 0 Å². The Bertz CT molecular complexity index is 861. The summed E-state index contributed by atoms with van der Waals surface area (Å²) < 4.78 is 6.23. The summed E-state index contributed by atoms with van der Waals surface area (Å²) in [4.78, 5) is 12.4. The summed E-state index contributed by atoms with van der Waals surface area (Å²) in [6, 6.07) is 19.4. The van der Waals surface area contributed by atoms with E-state index in [1.54, 1.807) is 13.2 Å². The van der Waals surface area contributed by atoms with Crippen molar-refractivity contribution >= 4 is 32.6 Å². The van der Waals surface area contributed by atoms with Gasteiger partial charge < -0.3 is 10.1 Å². The minimum absolute atomic E-state index is 0.118. The molecule has 0 aromatic heterocycles.